The first kappa shape index (κ1) is 14.9. The fourth-order valence-electron chi connectivity index (χ4n) is 2.34. The van der Waals surface area contributed by atoms with Gasteiger partial charge in [-0.2, -0.15) is 0 Å². The van der Waals surface area contributed by atoms with Crippen LogP contribution < -0.4 is 5.32 Å². The standard InChI is InChI=1S/C12H26N2O2S/c1-5-13-9-12(3,4)10-14-6-7-17(15,16)8-11(14)2/h11,13H,5-10H2,1-4H3. The van der Waals surface area contributed by atoms with Gasteiger partial charge in [0, 0.05) is 25.7 Å². The molecule has 1 fully saturated rings. The highest BCUT2D eigenvalue weighted by Crippen LogP contribution is 2.20. The van der Waals surface area contributed by atoms with Crippen molar-refractivity contribution < 1.29 is 8.42 Å². The average molecular weight is 262 g/mol. The quantitative estimate of drug-likeness (QED) is 0.794. The molecule has 1 saturated heterocycles. The second-order valence-corrected chi connectivity index (χ2v) is 8.11. The largest absolute Gasteiger partial charge is 0.316 e. The van der Waals surface area contributed by atoms with E-state index in [4.69, 9.17) is 0 Å². The van der Waals surface area contributed by atoms with Gasteiger partial charge in [0.25, 0.3) is 0 Å². The number of nitrogens with one attached hydrogen (secondary N) is 1. The van der Waals surface area contributed by atoms with Crippen molar-refractivity contribution in [3.63, 3.8) is 0 Å². The lowest BCUT2D eigenvalue weighted by atomic mass is 9.92. The number of sulfone groups is 1. The van der Waals surface area contributed by atoms with Gasteiger partial charge in [0.15, 0.2) is 9.84 Å². The van der Waals surface area contributed by atoms with Crippen molar-refractivity contribution >= 4 is 9.84 Å². The molecule has 0 amide bonds. The molecular weight excluding hydrogens is 236 g/mol. The zero-order chi connectivity index (χ0) is 13.1. The Balaban J connectivity index is 2.52. The van der Waals surface area contributed by atoms with Crippen molar-refractivity contribution in [2.45, 2.75) is 33.7 Å². The first-order valence-corrected chi connectivity index (χ1v) is 8.23. The maximum absolute atomic E-state index is 11.5. The molecule has 0 bridgehead atoms. The molecule has 1 aliphatic heterocycles. The third-order valence-electron chi connectivity index (χ3n) is 3.29. The molecule has 1 heterocycles. The van der Waals surface area contributed by atoms with Gasteiger partial charge in [0.2, 0.25) is 0 Å². The van der Waals surface area contributed by atoms with Crippen LogP contribution in [-0.4, -0.2) is 57.0 Å². The van der Waals surface area contributed by atoms with Crippen LogP contribution in [-0.2, 0) is 9.84 Å². The number of hydrogen-bond acceptors (Lipinski definition) is 4. The zero-order valence-corrected chi connectivity index (χ0v) is 12.3. The Morgan fingerprint density at radius 1 is 1.41 bits per heavy atom. The first-order valence-electron chi connectivity index (χ1n) is 6.41. The van der Waals surface area contributed by atoms with E-state index in [9.17, 15) is 8.42 Å². The lowest BCUT2D eigenvalue weighted by molar-refractivity contribution is 0.146. The summed E-state index contributed by atoms with van der Waals surface area (Å²) in [6.45, 7) is 12.2. The molecule has 102 valence electrons. The molecule has 0 saturated carbocycles. The van der Waals surface area contributed by atoms with Gasteiger partial charge in [-0.3, -0.25) is 4.90 Å². The number of nitrogens with zero attached hydrogens (tertiary/aromatic N) is 1. The lowest BCUT2D eigenvalue weighted by Gasteiger charge is -2.39. The molecule has 1 aliphatic rings. The Hall–Kier alpha value is -0.130. The van der Waals surface area contributed by atoms with E-state index in [0.717, 1.165) is 19.6 Å². The molecule has 1 N–H and O–H groups in total. The molecule has 5 heteroatoms. The summed E-state index contributed by atoms with van der Waals surface area (Å²) < 4.78 is 23.0. The predicted molar refractivity (Wildman–Crippen MR) is 72.0 cm³/mol. The SMILES string of the molecule is CCNCC(C)(C)CN1CCS(=O)(=O)CC1C. The van der Waals surface area contributed by atoms with Crippen LogP contribution in [0.1, 0.15) is 27.7 Å². The van der Waals surface area contributed by atoms with Crippen LogP contribution in [0.4, 0.5) is 0 Å². The van der Waals surface area contributed by atoms with E-state index in [-0.39, 0.29) is 11.5 Å². The van der Waals surface area contributed by atoms with Gasteiger partial charge < -0.3 is 5.32 Å². The van der Waals surface area contributed by atoms with Crippen LogP contribution >= 0.6 is 0 Å². The highest BCUT2D eigenvalue weighted by Gasteiger charge is 2.31. The normalized spacial score (nSPS) is 26.0. The van der Waals surface area contributed by atoms with Gasteiger partial charge in [-0.1, -0.05) is 20.8 Å². The second kappa shape index (κ2) is 5.67. The van der Waals surface area contributed by atoms with E-state index in [0.29, 0.717) is 18.1 Å². The highest BCUT2D eigenvalue weighted by molar-refractivity contribution is 7.91. The van der Waals surface area contributed by atoms with E-state index >= 15 is 0 Å². The molecule has 1 atom stereocenters. The summed E-state index contributed by atoms with van der Waals surface area (Å²) in [6, 6.07) is 0.148. The maximum atomic E-state index is 11.5. The minimum Gasteiger partial charge on any atom is -0.316 e. The van der Waals surface area contributed by atoms with Crippen molar-refractivity contribution in [3.8, 4) is 0 Å². The van der Waals surface area contributed by atoms with Crippen LogP contribution in [0.2, 0.25) is 0 Å². The Morgan fingerprint density at radius 2 is 2.06 bits per heavy atom. The molecule has 1 unspecified atom stereocenters. The summed E-state index contributed by atoms with van der Waals surface area (Å²) in [4.78, 5) is 2.30. The Bertz CT molecular complexity index is 338. The van der Waals surface area contributed by atoms with Gasteiger partial charge >= 0.3 is 0 Å². The summed E-state index contributed by atoms with van der Waals surface area (Å²) in [5.41, 5.74) is 0.186. The zero-order valence-electron chi connectivity index (χ0n) is 11.5. The van der Waals surface area contributed by atoms with Crippen LogP contribution in [0.25, 0.3) is 0 Å². The minimum atomic E-state index is -2.79. The van der Waals surface area contributed by atoms with E-state index in [1.165, 1.54) is 0 Å². The Morgan fingerprint density at radius 3 is 2.59 bits per heavy atom. The third kappa shape index (κ3) is 4.94. The topological polar surface area (TPSA) is 49.4 Å². The van der Waals surface area contributed by atoms with Crippen LogP contribution in [0.5, 0.6) is 0 Å². The summed E-state index contributed by atoms with van der Waals surface area (Å²) in [5.74, 6) is 0.624. The Labute approximate surface area is 106 Å². The summed E-state index contributed by atoms with van der Waals surface area (Å²) in [7, 11) is -2.79. The van der Waals surface area contributed by atoms with E-state index in [2.05, 4.69) is 31.0 Å². The predicted octanol–water partition coefficient (Wildman–Crippen LogP) is 0.741. The molecule has 0 spiro atoms. The maximum Gasteiger partial charge on any atom is 0.153 e. The van der Waals surface area contributed by atoms with Crippen molar-refractivity contribution in [2.75, 3.05) is 37.7 Å². The summed E-state index contributed by atoms with van der Waals surface area (Å²) >= 11 is 0. The molecule has 0 aliphatic carbocycles. The fraction of sp³-hybridized carbons (Fsp3) is 1.00. The van der Waals surface area contributed by atoms with Gasteiger partial charge in [-0.25, -0.2) is 8.42 Å². The van der Waals surface area contributed by atoms with Crippen molar-refractivity contribution in [1.82, 2.24) is 10.2 Å². The van der Waals surface area contributed by atoms with Gasteiger partial charge in [-0.15, -0.1) is 0 Å². The van der Waals surface area contributed by atoms with Crippen LogP contribution in [0, 0.1) is 5.41 Å². The molecule has 1 rings (SSSR count). The van der Waals surface area contributed by atoms with Crippen molar-refractivity contribution in [2.24, 2.45) is 5.41 Å². The van der Waals surface area contributed by atoms with E-state index in [1.54, 1.807) is 0 Å². The molecule has 0 aromatic carbocycles. The number of rotatable bonds is 5. The molecular formula is C12H26N2O2S. The monoisotopic (exact) mass is 262 g/mol. The molecule has 0 radical (unpaired) electrons. The summed E-state index contributed by atoms with van der Waals surface area (Å²) in [6.07, 6.45) is 0. The first-order chi connectivity index (χ1) is 7.76. The van der Waals surface area contributed by atoms with E-state index in [1.807, 2.05) is 6.92 Å². The fourth-order valence-corrected chi connectivity index (χ4v) is 3.96. The lowest BCUT2D eigenvalue weighted by Crippen LogP contribution is -2.51. The smallest absolute Gasteiger partial charge is 0.153 e. The van der Waals surface area contributed by atoms with E-state index < -0.39 is 9.84 Å². The Kier molecular flexibility index (Phi) is 4.98. The van der Waals surface area contributed by atoms with Gasteiger partial charge in [0.1, 0.15) is 0 Å². The number of hydrogen-bond donors (Lipinski definition) is 1. The second-order valence-electron chi connectivity index (χ2n) is 5.88. The summed E-state index contributed by atoms with van der Waals surface area (Å²) in [5, 5.41) is 3.36. The van der Waals surface area contributed by atoms with Crippen LogP contribution in [0.3, 0.4) is 0 Å². The third-order valence-corrected chi connectivity index (χ3v) is 5.09. The average Bonchev–Trinajstić information content (AvgIpc) is 2.19. The van der Waals surface area contributed by atoms with Gasteiger partial charge in [0.05, 0.1) is 11.5 Å². The molecule has 0 aromatic rings. The van der Waals surface area contributed by atoms with Gasteiger partial charge in [-0.05, 0) is 18.9 Å². The molecule has 0 aromatic heterocycles. The molecule has 4 nitrogen and oxygen atoms in total. The molecule has 17 heavy (non-hydrogen) atoms. The van der Waals surface area contributed by atoms with Crippen molar-refractivity contribution in [1.29, 1.82) is 0 Å². The van der Waals surface area contributed by atoms with Crippen molar-refractivity contribution in [3.05, 3.63) is 0 Å². The highest BCUT2D eigenvalue weighted by atomic mass is 32.2. The van der Waals surface area contributed by atoms with Crippen LogP contribution in [0.15, 0.2) is 0 Å². The minimum absolute atomic E-state index is 0.148.